The fourth-order valence-corrected chi connectivity index (χ4v) is 4.18. The highest BCUT2D eigenvalue weighted by atomic mass is 32.2. The van der Waals surface area contributed by atoms with Gasteiger partial charge in [0.2, 0.25) is 15.9 Å². The van der Waals surface area contributed by atoms with Crippen LogP contribution in [0.4, 0.5) is 5.69 Å². The van der Waals surface area contributed by atoms with Crippen molar-refractivity contribution in [1.29, 1.82) is 0 Å². The summed E-state index contributed by atoms with van der Waals surface area (Å²) in [5.74, 6) is -0.412. The minimum Gasteiger partial charge on any atom is -0.324 e. The molecule has 0 saturated carbocycles. The minimum atomic E-state index is -3.64. The number of carbonyl (C=O) groups is 1. The average Bonchev–Trinajstić information content (AvgIpc) is 2.90. The van der Waals surface area contributed by atoms with Gasteiger partial charge in [0, 0.05) is 26.8 Å². The molecule has 0 spiro atoms. The molecule has 1 aromatic heterocycles. The number of nitrogens with zero attached hydrogens (tertiary/aromatic N) is 3. The number of nitrogens with one attached hydrogen (secondary N) is 1. The third kappa shape index (κ3) is 3.70. The largest absolute Gasteiger partial charge is 0.329 e. The Bertz CT molecular complexity index is 1270. The van der Waals surface area contributed by atoms with Gasteiger partial charge in [-0.2, -0.15) is 0 Å². The summed E-state index contributed by atoms with van der Waals surface area (Å²) in [6.07, 6.45) is 0. The van der Waals surface area contributed by atoms with E-state index in [0.29, 0.717) is 11.2 Å². The number of imidazole rings is 1. The molecule has 8 nitrogen and oxygen atoms in total. The predicted octanol–water partition coefficient (Wildman–Crippen LogP) is 1.85. The Hall–Kier alpha value is -2.91. The zero-order chi connectivity index (χ0) is 21.5. The molecule has 0 aliphatic heterocycles. The van der Waals surface area contributed by atoms with Crippen LogP contribution in [0.5, 0.6) is 0 Å². The van der Waals surface area contributed by atoms with Gasteiger partial charge in [-0.3, -0.25) is 13.9 Å². The van der Waals surface area contributed by atoms with Crippen molar-refractivity contribution in [2.75, 3.05) is 19.4 Å². The molecule has 1 N–H and O–H groups in total. The molecule has 154 valence electrons. The van der Waals surface area contributed by atoms with Gasteiger partial charge in [-0.05, 0) is 49.2 Å². The monoisotopic (exact) mass is 416 g/mol. The Morgan fingerprint density at radius 2 is 1.72 bits per heavy atom. The van der Waals surface area contributed by atoms with Crippen LogP contribution in [0.3, 0.4) is 0 Å². The van der Waals surface area contributed by atoms with Crippen LogP contribution >= 0.6 is 0 Å². The molecule has 0 atom stereocenters. The van der Waals surface area contributed by atoms with Crippen molar-refractivity contribution < 1.29 is 13.2 Å². The highest BCUT2D eigenvalue weighted by Gasteiger charge is 2.21. The first-order chi connectivity index (χ1) is 13.5. The number of fused-ring (bicyclic) bond motifs is 1. The first kappa shape index (κ1) is 20.8. The Labute approximate surface area is 169 Å². The van der Waals surface area contributed by atoms with Crippen molar-refractivity contribution in [3.05, 3.63) is 58.0 Å². The third-order valence-corrected chi connectivity index (χ3v) is 6.84. The van der Waals surface area contributed by atoms with E-state index >= 15 is 0 Å². The molecule has 0 unspecified atom stereocenters. The summed E-state index contributed by atoms with van der Waals surface area (Å²) in [7, 11) is 0.921. The summed E-state index contributed by atoms with van der Waals surface area (Å²) in [6, 6.07) is 10.3. The van der Waals surface area contributed by atoms with E-state index in [1.807, 2.05) is 12.1 Å². The first-order valence-electron chi connectivity index (χ1n) is 9.02. The second-order valence-corrected chi connectivity index (χ2v) is 9.32. The fraction of sp³-hybridized carbons (Fsp3) is 0.300. The maximum Gasteiger partial charge on any atom is 0.329 e. The predicted molar refractivity (Wildman–Crippen MR) is 113 cm³/mol. The van der Waals surface area contributed by atoms with E-state index in [-0.39, 0.29) is 17.1 Å². The summed E-state index contributed by atoms with van der Waals surface area (Å²) in [5, 5.41) is 2.76. The molecule has 0 aliphatic carbocycles. The van der Waals surface area contributed by atoms with Crippen molar-refractivity contribution >= 4 is 32.7 Å². The van der Waals surface area contributed by atoms with Crippen LogP contribution in [-0.2, 0) is 28.4 Å². The second kappa shape index (κ2) is 7.49. The molecule has 3 rings (SSSR count). The Morgan fingerprint density at radius 3 is 2.34 bits per heavy atom. The van der Waals surface area contributed by atoms with Crippen LogP contribution in [0.25, 0.3) is 11.0 Å². The molecule has 0 radical (unpaired) electrons. The van der Waals surface area contributed by atoms with Crippen molar-refractivity contribution in [2.45, 2.75) is 25.3 Å². The molecule has 3 aromatic rings. The minimum absolute atomic E-state index is 0.100. The summed E-state index contributed by atoms with van der Waals surface area (Å²) >= 11 is 0. The van der Waals surface area contributed by atoms with Crippen LogP contribution in [-0.4, -0.2) is 41.9 Å². The van der Waals surface area contributed by atoms with E-state index in [4.69, 9.17) is 0 Å². The molecule has 1 heterocycles. The van der Waals surface area contributed by atoms with E-state index in [1.54, 1.807) is 39.1 Å². The van der Waals surface area contributed by atoms with Gasteiger partial charge in [-0.15, -0.1) is 0 Å². The van der Waals surface area contributed by atoms with Crippen molar-refractivity contribution in [1.82, 2.24) is 13.4 Å². The zero-order valence-electron chi connectivity index (χ0n) is 17.1. The van der Waals surface area contributed by atoms with Gasteiger partial charge in [0.1, 0.15) is 6.54 Å². The van der Waals surface area contributed by atoms with Gasteiger partial charge >= 0.3 is 5.69 Å². The van der Waals surface area contributed by atoms with Gasteiger partial charge in [-0.1, -0.05) is 12.1 Å². The van der Waals surface area contributed by atoms with E-state index in [1.165, 1.54) is 29.3 Å². The quantitative estimate of drug-likeness (QED) is 0.687. The van der Waals surface area contributed by atoms with Crippen LogP contribution in [0.15, 0.2) is 46.1 Å². The van der Waals surface area contributed by atoms with Crippen LogP contribution in [0.1, 0.15) is 11.1 Å². The van der Waals surface area contributed by atoms with E-state index in [2.05, 4.69) is 5.32 Å². The number of carbonyl (C=O) groups excluding carboxylic acids is 1. The molecule has 2 aromatic carbocycles. The molecular weight excluding hydrogens is 392 g/mol. The lowest BCUT2D eigenvalue weighted by molar-refractivity contribution is -0.116. The number of para-hydroxylation sites is 2. The molecule has 9 heteroatoms. The molecule has 0 saturated heterocycles. The van der Waals surface area contributed by atoms with Gasteiger partial charge in [0.05, 0.1) is 15.9 Å². The standard InChI is InChI=1S/C20H24N4O4S/c1-13-10-15(29(27,28)22(3)4)11-16(14(13)2)21-19(25)12-24-18-9-7-6-8-17(18)23(5)20(24)26/h6-11H,12H2,1-5H3,(H,21,25). The van der Waals surface area contributed by atoms with Crippen LogP contribution in [0, 0.1) is 13.8 Å². The summed E-state index contributed by atoms with van der Waals surface area (Å²) in [6.45, 7) is 3.42. The number of sulfonamides is 1. The van der Waals surface area contributed by atoms with E-state index in [0.717, 1.165) is 20.9 Å². The Balaban J connectivity index is 1.96. The van der Waals surface area contributed by atoms with Gasteiger partial charge in [0.15, 0.2) is 0 Å². The van der Waals surface area contributed by atoms with Crippen LogP contribution in [0.2, 0.25) is 0 Å². The smallest absolute Gasteiger partial charge is 0.324 e. The molecular formula is C20H24N4O4S. The highest BCUT2D eigenvalue weighted by molar-refractivity contribution is 7.89. The van der Waals surface area contributed by atoms with E-state index < -0.39 is 15.9 Å². The Kier molecular flexibility index (Phi) is 5.38. The fourth-order valence-electron chi connectivity index (χ4n) is 3.17. The van der Waals surface area contributed by atoms with Gasteiger partial charge < -0.3 is 5.32 Å². The number of anilines is 1. The average molecular weight is 417 g/mol. The molecule has 1 amide bonds. The zero-order valence-corrected chi connectivity index (χ0v) is 17.9. The van der Waals surface area contributed by atoms with Gasteiger partial charge in [0.25, 0.3) is 0 Å². The van der Waals surface area contributed by atoms with Crippen molar-refractivity contribution in [2.24, 2.45) is 7.05 Å². The SMILES string of the molecule is Cc1cc(S(=O)(=O)N(C)C)cc(NC(=O)Cn2c(=O)n(C)c3ccccc32)c1C. The van der Waals surface area contributed by atoms with Crippen LogP contribution < -0.4 is 11.0 Å². The number of aromatic nitrogens is 2. The number of rotatable bonds is 5. The van der Waals surface area contributed by atoms with E-state index in [9.17, 15) is 18.0 Å². The molecule has 0 bridgehead atoms. The Morgan fingerprint density at radius 1 is 1.10 bits per heavy atom. The molecule has 0 fully saturated rings. The third-order valence-electron chi connectivity index (χ3n) is 5.05. The lowest BCUT2D eigenvalue weighted by Crippen LogP contribution is -2.28. The lowest BCUT2D eigenvalue weighted by atomic mass is 10.1. The van der Waals surface area contributed by atoms with Crippen molar-refractivity contribution in [3.8, 4) is 0 Å². The van der Waals surface area contributed by atoms with Crippen molar-refractivity contribution in [3.63, 3.8) is 0 Å². The number of hydrogen-bond acceptors (Lipinski definition) is 4. The maximum absolute atomic E-state index is 12.7. The highest BCUT2D eigenvalue weighted by Crippen LogP contribution is 2.25. The summed E-state index contributed by atoms with van der Waals surface area (Å²) in [5.41, 5.74) is 3.01. The maximum atomic E-state index is 12.7. The summed E-state index contributed by atoms with van der Waals surface area (Å²) < 4.78 is 29.0. The summed E-state index contributed by atoms with van der Waals surface area (Å²) in [4.78, 5) is 25.3. The number of hydrogen-bond donors (Lipinski definition) is 1. The normalized spacial score (nSPS) is 11.9. The number of amides is 1. The second-order valence-electron chi connectivity index (χ2n) is 7.16. The number of aryl methyl sites for hydroxylation is 2. The molecule has 29 heavy (non-hydrogen) atoms. The number of benzene rings is 2. The van der Waals surface area contributed by atoms with Gasteiger partial charge in [-0.25, -0.2) is 17.5 Å². The topological polar surface area (TPSA) is 93.4 Å². The first-order valence-corrected chi connectivity index (χ1v) is 10.5. The molecule has 0 aliphatic rings. The lowest BCUT2D eigenvalue weighted by Gasteiger charge is -2.16.